The number of likely N-dealkylation sites (N-methyl/N-ethyl adjacent to an activating group) is 1. The monoisotopic (exact) mass is 231 g/mol. The van der Waals surface area contributed by atoms with Gasteiger partial charge in [-0.3, -0.25) is 4.90 Å². The van der Waals surface area contributed by atoms with Crippen LogP contribution in [0, 0.1) is 0 Å². The van der Waals surface area contributed by atoms with E-state index in [0.717, 1.165) is 0 Å². The van der Waals surface area contributed by atoms with Gasteiger partial charge in [0.15, 0.2) is 0 Å². The number of anilines is 1. The SMILES string of the molecule is CN1CCN(C[C@H]2Cc3ccccc3N2)CC1. The van der Waals surface area contributed by atoms with Gasteiger partial charge in [-0.2, -0.15) is 0 Å². The van der Waals surface area contributed by atoms with E-state index >= 15 is 0 Å². The second-order valence-corrected chi connectivity index (χ2v) is 5.31. The highest BCUT2D eigenvalue weighted by Crippen LogP contribution is 2.25. The van der Waals surface area contributed by atoms with Crippen molar-refractivity contribution in [2.45, 2.75) is 12.5 Å². The van der Waals surface area contributed by atoms with Crippen LogP contribution in [0.15, 0.2) is 24.3 Å². The predicted molar refractivity (Wildman–Crippen MR) is 71.5 cm³/mol. The van der Waals surface area contributed by atoms with Crippen LogP contribution in [-0.2, 0) is 6.42 Å². The largest absolute Gasteiger partial charge is 0.380 e. The molecule has 0 aromatic heterocycles. The van der Waals surface area contributed by atoms with Gasteiger partial charge in [0, 0.05) is 44.5 Å². The minimum absolute atomic E-state index is 0.607. The molecule has 1 aromatic rings. The van der Waals surface area contributed by atoms with Crippen molar-refractivity contribution in [2.24, 2.45) is 0 Å². The van der Waals surface area contributed by atoms with Gasteiger partial charge in [0.2, 0.25) is 0 Å². The van der Waals surface area contributed by atoms with Crippen LogP contribution in [0.3, 0.4) is 0 Å². The Kier molecular flexibility index (Phi) is 3.04. The van der Waals surface area contributed by atoms with E-state index in [0.29, 0.717) is 6.04 Å². The standard InChI is InChI=1S/C14H21N3/c1-16-6-8-17(9-7-16)11-13-10-12-4-2-3-5-14(12)15-13/h2-5,13,15H,6-11H2,1H3/t13-/m1/s1. The van der Waals surface area contributed by atoms with E-state index < -0.39 is 0 Å². The third-order valence-electron chi connectivity index (χ3n) is 3.92. The lowest BCUT2D eigenvalue weighted by Crippen LogP contribution is -2.47. The van der Waals surface area contributed by atoms with Crippen molar-refractivity contribution in [1.29, 1.82) is 0 Å². The molecule has 2 aliphatic heterocycles. The molecule has 0 spiro atoms. The lowest BCUT2D eigenvalue weighted by atomic mass is 10.1. The molecule has 2 aliphatic rings. The second kappa shape index (κ2) is 4.67. The van der Waals surface area contributed by atoms with Crippen LogP contribution >= 0.6 is 0 Å². The van der Waals surface area contributed by atoms with Gasteiger partial charge in [-0.15, -0.1) is 0 Å². The Morgan fingerprint density at radius 3 is 2.71 bits per heavy atom. The minimum atomic E-state index is 0.607. The number of para-hydroxylation sites is 1. The van der Waals surface area contributed by atoms with E-state index in [-0.39, 0.29) is 0 Å². The smallest absolute Gasteiger partial charge is 0.0429 e. The fraction of sp³-hybridized carbons (Fsp3) is 0.571. The van der Waals surface area contributed by atoms with Gasteiger partial charge in [-0.05, 0) is 25.1 Å². The summed E-state index contributed by atoms with van der Waals surface area (Å²) in [5.74, 6) is 0. The Morgan fingerprint density at radius 2 is 1.94 bits per heavy atom. The highest BCUT2D eigenvalue weighted by Gasteiger charge is 2.23. The van der Waals surface area contributed by atoms with Gasteiger partial charge < -0.3 is 10.2 Å². The molecule has 1 atom stereocenters. The number of piperazine rings is 1. The number of nitrogens with zero attached hydrogens (tertiary/aromatic N) is 2. The normalized spacial score (nSPS) is 25.6. The molecular weight excluding hydrogens is 210 g/mol. The fourth-order valence-corrected chi connectivity index (χ4v) is 2.83. The quantitative estimate of drug-likeness (QED) is 0.827. The summed E-state index contributed by atoms with van der Waals surface area (Å²) < 4.78 is 0. The van der Waals surface area contributed by atoms with Crippen molar-refractivity contribution in [2.75, 3.05) is 45.1 Å². The van der Waals surface area contributed by atoms with Crippen molar-refractivity contribution < 1.29 is 0 Å². The molecule has 1 fully saturated rings. The third-order valence-corrected chi connectivity index (χ3v) is 3.92. The summed E-state index contributed by atoms with van der Waals surface area (Å²) >= 11 is 0. The Bertz CT molecular complexity index is 358. The number of benzene rings is 1. The summed E-state index contributed by atoms with van der Waals surface area (Å²) in [6.45, 7) is 6.03. The van der Waals surface area contributed by atoms with Gasteiger partial charge in [0.25, 0.3) is 0 Å². The minimum Gasteiger partial charge on any atom is -0.380 e. The summed E-state index contributed by atoms with van der Waals surface area (Å²) in [5.41, 5.74) is 2.82. The molecule has 3 rings (SSSR count). The fourth-order valence-electron chi connectivity index (χ4n) is 2.83. The lowest BCUT2D eigenvalue weighted by Gasteiger charge is -2.33. The van der Waals surface area contributed by atoms with Crippen molar-refractivity contribution >= 4 is 5.69 Å². The maximum absolute atomic E-state index is 3.64. The summed E-state index contributed by atoms with van der Waals surface area (Å²) in [7, 11) is 2.21. The summed E-state index contributed by atoms with van der Waals surface area (Å²) in [4.78, 5) is 5.00. The van der Waals surface area contributed by atoms with Crippen LogP contribution in [0.5, 0.6) is 0 Å². The summed E-state index contributed by atoms with van der Waals surface area (Å²) in [5, 5.41) is 3.64. The van der Waals surface area contributed by atoms with Crippen molar-refractivity contribution in [1.82, 2.24) is 9.80 Å². The van der Waals surface area contributed by atoms with E-state index in [4.69, 9.17) is 0 Å². The molecule has 17 heavy (non-hydrogen) atoms. The van der Waals surface area contributed by atoms with Crippen molar-refractivity contribution in [3.63, 3.8) is 0 Å². The van der Waals surface area contributed by atoms with Crippen LogP contribution < -0.4 is 5.32 Å². The molecule has 1 aromatic carbocycles. The van der Waals surface area contributed by atoms with Crippen LogP contribution in [0.4, 0.5) is 5.69 Å². The van der Waals surface area contributed by atoms with Crippen molar-refractivity contribution in [3.8, 4) is 0 Å². The molecule has 0 aliphatic carbocycles. The molecule has 3 heteroatoms. The Hall–Kier alpha value is -1.06. The van der Waals surface area contributed by atoms with E-state index in [2.05, 4.69) is 46.4 Å². The highest BCUT2D eigenvalue weighted by molar-refractivity contribution is 5.56. The first-order valence-corrected chi connectivity index (χ1v) is 6.56. The molecular formula is C14H21N3. The van der Waals surface area contributed by atoms with E-state index in [9.17, 15) is 0 Å². The molecule has 1 N–H and O–H groups in total. The topological polar surface area (TPSA) is 18.5 Å². The number of fused-ring (bicyclic) bond motifs is 1. The number of hydrogen-bond donors (Lipinski definition) is 1. The zero-order chi connectivity index (χ0) is 11.7. The molecule has 3 nitrogen and oxygen atoms in total. The van der Waals surface area contributed by atoms with Gasteiger partial charge in [-0.1, -0.05) is 18.2 Å². The number of rotatable bonds is 2. The third kappa shape index (κ3) is 2.45. The van der Waals surface area contributed by atoms with Crippen molar-refractivity contribution in [3.05, 3.63) is 29.8 Å². The highest BCUT2D eigenvalue weighted by atomic mass is 15.3. The average molecular weight is 231 g/mol. The summed E-state index contributed by atoms with van der Waals surface area (Å²) in [6.07, 6.45) is 1.18. The predicted octanol–water partition coefficient (Wildman–Crippen LogP) is 1.27. The summed E-state index contributed by atoms with van der Waals surface area (Å²) in [6, 6.07) is 9.30. The van der Waals surface area contributed by atoms with Gasteiger partial charge in [0.05, 0.1) is 0 Å². The van der Waals surface area contributed by atoms with E-state index in [1.54, 1.807) is 0 Å². The lowest BCUT2D eigenvalue weighted by molar-refractivity contribution is 0.150. The molecule has 0 unspecified atom stereocenters. The van der Waals surface area contributed by atoms with Gasteiger partial charge in [-0.25, -0.2) is 0 Å². The molecule has 1 saturated heterocycles. The van der Waals surface area contributed by atoms with Crippen LogP contribution in [-0.4, -0.2) is 55.6 Å². The zero-order valence-electron chi connectivity index (χ0n) is 10.5. The number of nitrogens with one attached hydrogen (secondary N) is 1. The average Bonchev–Trinajstić information content (AvgIpc) is 2.74. The maximum atomic E-state index is 3.64. The number of hydrogen-bond acceptors (Lipinski definition) is 3. The first-order valence-electron chi connectivity index (χ1n) is 6.56. The Labute approximate surface area is 103 Å². The maximum Gasteiger partial charge on any atom is 0.0429 e. The second-order valence-electron chi connectivity index (χ2n) is 5.31. The van der Waals surface area contributed by atoms with Gasteiger partial charge in [0.1, 0.15) is 0 Å². The Morgan fingerprint density at radius 1 is 1.18 bits per heavy atom. The van der Waals surface area contributed by atoms with Crippen LogP contribution in [0.1, 0.15) is 5.56 Å². The molecule has 0 amide bonds. The zero-order valence-corrected chi connectivity index (χ0v) is 10.5. The van der Waals surface area contributed by atoms with Crippen LogP contribution in [0.25, 0.3) is 0 Å². The molecule has 92 valence electrons. The molecule has 0 saturated carbocycles. The van der Waals surface area contributed by atoms with Crippen LogP contribution in [0.2, 0.25) is 0 Å². The van der Waals surface area contributed by atoms with E-state index in [1.165, 1.54) is 50.4 Å². The Balaban J connectivity index is 1.55. The first kappa shape index (κ1) is 11.1. The van der Waals surface area contributed by atoms with E-state index in [1.807, 2.05) is 0 Å². The molecule has 2 heterocycles. The molecule has 0 radical (unpaired) electrons. The first-order chi connectivity index (χ1) is 8.31. The van der Waals surface area contributed by atoms with Gasteiger partial charge >= 0.3 is 0 Å². The molecule has 0 bridgehead atoms.